The summed E-state index contributed by atoms with van der Waals surface area (Å²) in [6, 6.07) is 5.96. The summed E-state index contributed by atoms with van der Waals surface area (Å²) in [7, 11) is -3.40. The number of benzene rings is 1. The van der Waals surface area contributed by atoms with Crippen molar-refractivity contribution in [3.63, 3.8) is 0 Å². The second-order valence-electron chi connectivity index (χ2n) is 6.63. The highest BCUT2D eigenvalue weighted by Crippen LogP contribution is 2.17. The lowest BCUT2D eigenvalue weighted by molar-refractivity contribution is -0.117. The molecule has 0 spiro atoms. The van der Waals surface area contributed by atoms with Gasteiger partial charge in [0, 0.05) is 45.0 Å². The molecule has 8 heteroatoms. The number of carbonyl (C=O) groups is 1. The molecule has 0 atom stereocenters. The Morgan fingerprint density at radius 3 is 2.31 bits per heavy atom. The van der Waals surface area contributed by atoms with E-state index in [0.29, 0.717) is 39.3 Å². The molecule has 0 unspecified atom stereocenters. The molecule has 0 aliphatic carbocycles. The lowest BCUT2D eigenvalue weighted by Crippen LogP contribution is -2.54. The third kappa shape index (κ3) is 5.03. The van der Waals surface area contributed by atoms with Gasteiger partial charge in [0.25, 0.3) is 10.2 Å². The molecule has 1 amide bonds. The van der Waals surface area contributed by atoms with Crippen LogP contribution in [0.1, 0.15) is 25.0 Å². The number of hydrogen-bond acceptors (Lipinski definition) is 4. The molecule has 26 heavy (non-hydrogen) atoms. The lowest BCUT2D eigenvalue weighted by atomic mass is 10.1. The summed E-state index contributed by atoms with van der Waals surface area (Å²) >= 11 is 0. The van der Waals surface area contributed by atoms with Crippen molar-refractivity contribution in [1.82, 2.24) is 13.5 Å². The van der Waals surface area contributed by atoms with Gasteiger partial charge in [-0.05, 0) is 31.0 Å². The second kappa shape index (κ2) is 8.94. The number of nitrogens with one attached hydrogen (secondary N) is 1. The maximum Gasteiger partial charge on any atom is 0.282 e. The number of anilines is 1. The van der Waals surface area contributed by atoms with Gasteiger partial charge in [0.2, 0.25) is 5.91 Å². The normalized spacial score (nSPS) is 16.8. The third-order valence-electron chi connectivity index (χ3n) is 4.72. The van der Waals surface area contributed by atoms with E-state index in [0.717, 1.165) is 16.8 Å². The summed E-state index contributed by atoms with van der Waals surface area (Å²) in [6.07, 6.45) is 0. The van der Waals surface area contributed by atoms with Gasteiger partial charge < -0.3 is 5.32 Å². The van der Waals surface area contributed by atoms with Gasteiger partial charge in [-0.15, -0.1) is 0 Å². The monoisotopic (exact) mass is 382 g/mol. The van der Waals surface area contributed by atoms with Crippen molar-refractivity contribution in [3.05, 3.63) is 29.3 Å². The van der Waals surface area contributed by atoms with Crippen LogP contribution in [0.5, 0.6) is 0 Å². The van der Waals surface area contributed by atoms with Crippen LogP contribution >= 0.6 is 0 Å². The number of rotatable bonds is 7. The predicted octanol–water partition coefficient (Wildman–Crippen LogP) is 1.45. The number of hydrogen-bond donors (Lipinski definition) is 1. The number of amides is 1. The summed E-state index contributed by atoms with van der Waals surface area (Å²) in [4.78, 5) is 14.3. The summed E-state index contributed by atoms with van der Waals surface area (Å²) in [6.45, 7) is 10.8. The average Bonchev–Trinajstić information content (AvgIpc) is 2.59. The molecular weight excluding hydrogens is 352 g/mol. The predicted molar refractivity (Wildman–Crippen MR) is 104 cm³/mol. The summed E-state index contributed by atoms with van der Waals surface area (Å²) in [5.41, 5.74) is 2.96. The first-order chi connectivity index (χ1) is 12.3. The first-order valence-corrected chi connectivity index (χ1v) is 10.5. The molecule has 1 aromatic rings. The molecule has 2 rings (SSSR count). The minimum absolute atomic E-state index is 0.0706. The fourth-order valence-electron chi connectivity index (χ4n) is 3.09. The van der Waals surface area contributed by atoms with E-state index in [4.69, 9.17) is 0 Å². The molecule has 1 aromatic carbocycles. The highest BCUT2D eigenvalue weighted by molar-refractivity contribution is 7.86. The van der Waals surface area contributed by atoms with Crippen LogP contribution in [0.25, 0.3) is 0 Å². The second-order valence-corrected chi connectivity index (χ2v) is 8.56. The quantitative estimate of drug-likeness (QED) is 0.775. The Kier molecular flexibility index (Phi) is 7.16. The molecular formula is C18H30N4O3S. The Morgan fingerprint density at radius 1 is 1.12 bits per heavy atom. The van der Waals surface area contributed by atoms with Crippen molar-refractivity contribution < 1.29 is 13.2 Å². The van der Waals surface area contributed by atoms with Gasteiger partial charge in [-0.2, -0.15) is 17.0 Å². The minimum Gasteiger partial charge on any atom is -0.325 e. The number of aryl methyl sites for hydroxylation is 2. The van der Waals surface area contributed by atoms with Crippen LogP contribution in [0.2, 0.25) is 0 Å². The van der Waals surface area contributed by atoms with Crippen molar-refractivity contribution >= 4 is 21.8 Å². The number of carbonyl (C=O) groups excluding carboxylic acids is 1. The Balaban J connectivity index is 1.88. The van der Waals surface area contributed by atoms with E-state index >= 15 is 0 Å². The summed E-state index contributed by atoms with van der Waals surface area (Å²) in [5.74, 6) is -0.0706. The Hall–Kier alpha value is -1.48. The lowest BCUT2D eigenvalue weighted by Gasteiger charge is -2.36. The Labute approximate surface area is 157 Å². The Morgan fingerprint density at radius 2 is 1.73 bits per heavy atom. The largest absolute Gasteiger partial charge is 0.325 e. The molecule has 0 radical (unpaired) electrons. The summed E-state index contributed by atoms with van der Waals surface area (Å²) in [5, 5.41) is 2.96. The van der Waals surface area contributed by atoms with Crippen LogP contribution < -0.4 is 5.32 Å². The van der Waals surface area contributed by atoms with E-state index in [1.54, 1.807) is 0 Å². The van der Waals surface area contributed by atoms with E-state index in [2.05, 4.69) is 5.32 Å². The van der Waals surface area contributed by atoms with Crippen molar-refractivity contribution in [3.8, 4) is 0 Å². The molecule has 1 N–H and O–H groups in total. The zero-order valence-electron chi connectivity index (χ0n) is 16.2. The van der Waals surface area contributed by atoms with E-state index in [9.17, 15) is 13.2 Å². The zero-order chi connectivity index (χ0) is 19.3. The average molecular weight is 383 g/mol. The maximum atomic E-state index is 12.5. The van der Waals surface area contributed by atoms with Crippen LogP contribution in [-0.4, -0.2) is 73.6 Å². The van der Waals surface area contributed by atoms with Gasteiger partial charge in [0.1, 0.15) is 0 Å². The smallest absolute Gasteiger partial charge is 0.282 e. The molecule has 146 valence electrons. The van der Waals surface area contributed by atoms with Crippen molar-refractivity contribution in [1.29, 1.82) is 0 Å². The van der Waals surface area contributed by atoms with E-state index in [-0.39, 0.29) is 12.5 Å². The van der Waals surface area contributed by atoms with Gasteiger partial charge in [-0.1, -0.05) is 26.0 Å². The fourth-order valence-corrected chi connectivity index (χ4v) is 4.70. The molecule has 0 bridgehead atoms. The molecule has 0 saturated carbocycles. The molecule has 1 saturated heterocycles. The minimum atomic E-state index is -3.40. The summed E-state index contributed by atoms with van der Waals surface area (Å²) < 4.78 is 28.1. The van der Waals surface area contributed by atoms with E-state index < -0.39 is 10.2 Å². The number of nitrogens with zero attached hydrogens (tertiary/aromatic N) is 3. The van der Waals surface area contributed by atoms with Gasteiger partial charge in [-0.3, -0.25) is 9.69 Å². The number of piperazine rings is 1. The molecule has 1 heterocycles. The van der Waals surface area contributed by atoms with Crippen LogP contribution in [0.15, 0.2) is 18.2 Å². The highest BCUT2D eigenvalue weighted by Gasteiger charge is 2.31. The van der Waals surface area contributed by atoms with Crippen LogP contribution in [0, 0.1) is 13.8 Å². The van der Waals surface area contributed by atoms with Crippen LogP contribution in [0.4, 0.5) is 5.69 Å². The van der Waals surface area contributed by atoms with Crippen LogP contribution in [0.3, 0.4) is 0 Å². The molecule has 0 aromatic heterocycles. The van der Waals surface area contributed by atoms with Crippen molar-refractivity contribution in [2.45, 2.75) is 27.7 Å². The Bertz CT molecular complexity index is 724. The molecule has 1 aliphatic rings. The van der Waals surface area contributed by atoms with Crippen LogP contribution in [-0.2, 0) is 15.0 Å². The SMILES string of the molecule is CCN(CC)S(=O)(=O)N1CCN(CC(=O)Nc2cc(C)ccc2C)CC1. The molecule has 7 nitrogen and oxygen atoms in total. The van der Waals surface area contributed by atoms with Crippen molar-refractivity contribution in [2.24, 2.45) is 0 Å². The first kappa shape index (κ1) is 20.8. The topological polar surface area (TPSA) is 73.0 Å². The zero-order valence-corrected chi connectivity index (χ0v) is 17.0. The van der Waals surface area contributed by atoms with Gasteiger partial charge in [0.15, 0.2) is 0 Å². The highest BCUT2D eigenvalue weighted by atomic mass is 32.2. The molecule has 1 aliphatic heterocycles. The standard InChI is InChI=1S/C18H30N4O3S/c1-5-21(6-2)26(24,25)22-11-9-20(10-12-22)14-18(23)19-17-13-15(3)7-8-16(17)4/h7-8,13H,5-6,9-12,14H2,1-4H3,(H,19,23). The van der Waals surface area contributed by atoms with Gasteiger partial charge in [0.05, 0.1) is 6.54 Å². The molecule has 1 fully saturated rings. The van der Waals surface area contributed by atoms with E-state index in [1.807, 2.05) is 50.8 Å². The fraction of sp³-hybridized carbons (Fsp3) is 0.611. The van der Waals surface area contributed by atoms with E-state index in [1.165, 1.54) is 8.61 Å². The third-order valence-corrected chi connectivity index (χ3v) is 6.91. The van der Waals surface area contributed by atoms with Gasteiger partial charge in [-0.25, -0.2) is 0 Å². The van der Waals surface area contributed by atoms with Gasteiger partial charge >= 0.3 is 0 Å². The first-order valence-electron chi connectivity index (χ1n) is 9.12. The van der Waals surface area contributed by atoms with Crippen molar-refractivity contribution in [2.75, 3.05) is 51.1 Å². The maximum absolute atomic E-state index is 12.5.